The lowest BCUT2D eigenvalue weighted by Gasteiger charge is -2.28. The largest absolute Gasteiger partial charge is 0.378 e. The molecule has 1 fully saturated rings. The molecule has 0 amide bonds. The second-order valence-corrected chi connectivity index (χ2v) is 6.26. The molecule has 0 spiro atoms. The van der Waals surface area contributed by atoms with Crippen LogP contribution in [0.1, 0.15) is 26.3 Å². The molecule has 1 aliphatic heterocycles. The van der Waals surface area contributed by atoms with Crippen LogP contribution in [0.5, 0.6) is 0 Å². The third-order valence-electron chi connectivity index (χ3n) is 3.01. The summed E-state index contributed by atoms with van der Waals surface area (Å²) in [5, 5.41) is 4.15. The first-order valence-electron chi connectivity index (χ1n) is 6.68. The summed E-state index contributed by atoms with van der Waals surface area (Å²) in [6.45, 7) is 10.4. The Bertz CT molecular complexity index is 425. The molecule has 1 aromatic heterocycles. The molecule has 0 aromatic carbocycles. The third-order valence-corrected chi connectivity index (χ3v) is 3.29. The van der Waals surface area contributed by atoms with Crippen LogP contribution in [0.4, 0.5) is 5.82 Å². The molecule has 4 nitrogen and oxygen atoms in total. The fourth-order valence-electron chi connectivity index (χ4n) is 1.94. The van der Waals surface area contributed by atoms with Crippen LogP contribution in [0.3, 0.4) is 0 Å². The van der Waals surface area contributed by atoms with Gasteiger partial charge in [0.15, 0.2) is 0 Å². The van der Waals surface area contributed by atoms with E-state index in [0.717, 1.165) is 49.3 Å². The van der Waals surface area contributed by atoms with Gasteiger partial charge in [0.1, 0.15) is 5.82 Å². The zero-order chi connectivity index (χ0) is 13.9. The van der Waals surface area contributed by atoms with Gasteiger partial charge in [-0.05, 0) is 32.4 Å². The molecule has 2 heterocycles. The van der Waals surface area contributed by atoms with E-state index in [1.165, 1.54) is 0 Å². The van der Waals surface area contributed by atoms with Crippen LogP contribution in [-0.2, 0) is 11.3 Å². The average Bonchev–Trinajstić information content (AvgIpc) is 2.37. The predicted molar refractivity (Wildman–Crippen MR) is 78.9 cm³/mol. The van der Waals surface area contributed by atoms with Crippen LogP contribution < -0.4 is 10.2 Å². The molecule has 0 aliphatic carbocycles. The topological polar surface area (TPSA) is 37.4 Å². The fraction of sp³-hybridized carbons (Fsp3) is 0.643. The molecule has 0 radical (unpaired) electrons. The van der Waals surface area contributed by atoms with Crippen molar-refractivity contribution in [1.82, 2.24) is 10.3 Å². The van der Waals surface area contributed by atoms with Crippen molar-refractivity contribution >= 4 is 17.4 Å². The minimum Gasteiger partial charge on any atom is -0.378 e. The van der Waals surface area contributed by atoms with Crippen LogP contribution >= 0.6 is 11.6 Å². The van der Waals surface area contributed by atoms with E-state index < -0.39 is 0 Å². The molecule has 1 N–H and O–H groups in total. The normalized spacial score (nSPS) is 16.7. The summed E-state index contributed by atoms with van der Waals surface area (Å²) in [5.74, 6) is 0.865. The molecule has 106 valence electrons. The molecule has 0 bridgehead atoms. The number of morpholine rings is 1. The Morgan fingerprint density at radius 1 is 1.37 bits per heavy atom. The summed E-state index contributed by atoms with van der Waals surface area (Å²) < 4.78 is 5.34. The Morgan fingerprint density at radius 2 is 2.05 bits per heavy atom. The highest BCUT2D eigenvalue weighted by Gasteiger charge is 2.16. The number of ether oxygens (including phenoxy) is 1. The van der Waals surface area contributed by atoms with Gasteiger partial charge in [-0.15, -0.1) is 0 Å². The van der Waals surface area contributed by atoms with E-state index in [0.29, 0.717) is 0 Å². The van der Waals surface area contributed by atoms with Gasteiger partial charge in [0, 0.05) is 31.4 Å². The molecule has 19 heavy (non-hydrogen) atoms. The van der Waals surface area contributed by atoms with Crippen molar-refractivity contribution in [3.63, 3.8) is 0 Å². The van der Waals surface area contributed by atoms with Crippen molar-refractivity contribution in [2.75, 3.05) is 31.2 Å². The lowest BCUT2D eigenvalue weighted by atomic mass is 10.1. The number of nitrogens with zero attached hydrogens (tertiary/aromatic N) is 2. The first-order valence-corrected chi connectivity index (χ1v) is 7.06. The maximum absolute atomic E-state index is 6.34. The zero-order valence-electron chi connectivity index (χ0n) is 11.9. The monoisotopic (exact) mass is 283 g/mol. The first-order chi connectivity index (χ1) is 8.96. The number of pyridine rings is 1. The van der Waals surface area contributed by atoms with Crippen LogP contribution in [0, 0.1) is 0 Å². The molecule has 0 saturated carbocycles. The van der Waals surface area contributed by atoms with Crippen LogP contribution in [0.25, 0.3) is 0 Å². The maximum atomic E-state index is 6.34. The lowest BCUT2D eigenvalue weighted by Crippen LogP contribution is -2.37. The van der Waals surface area contributed by atoms with Crippen LogP contribution in [0.2, 0.25) is 5.02 Å². The highest BCUT2D eigenvalue weighted by Crippen LogP contribution is 2.24. The van der Waals surface area contributed by atoms with E-state index in [4.69, 9.17) is 16.3 Å². The van der Waals surface area contributed by atoms with Gasteiger partial charge in [-0.3, -0.25) is 0 Å². The second kappa shape index (κ2) is 6.07. The number of aromatic nitrogens is 1. The molecule has 2 rings (SSSR count). The van der Waals surface area contributed by atoms with Gasteiger partial charge in [0.2, 0.25) is 0 Å². The van der Waals surface area contributed by atoms with Crippen molar-refractivity contribution in [2.24, 2.45) is 0 Å². The Labute approximate surface area is 120 Å². The highest BCUT2D eigenvalue weighted by atomic mass is 35.5. The molecule has 0 atom stereocenters. The van der Waals surface area contributed by atoms with Gasteiger partial charge < -0.3 is 15.0 Å². The number of hydrogen-bond acceptors (Lipinski definition) is 4. The molecule has 1 saturated heterocycles. The highest BCUT2D eigenvalue weighted by molar-refractivity contribution is 6.33. The predicted octanol–water partition coefficient (Wildman–Crippen LogP) is 2.46. The number of hydrogen-bond donors (Lipinski definition) is 1. The third kappa shape index (κ3) is 4.34. The minimum absolute atomic E-state index is 0.0926. The summed E-state index contributed by atoms with van der Waals surface area (Å²) >= 11 is 6.34. The van der Waals surface area contributed by atoms with E-state index in [-0.39, 0.29) is 5.54 Å². The van der Waals surface area contributed by atoms with Gasteiger partial charge in [0.05, 0.1) is 18.2 Å². The van der Waals surface area contributed by atoms with Crippen LogP contribution in [0.15, 0.2) is 12.3 Å². The Hall–Kier alpha value is -0.840. The standard InChI is InChI=1S/C14H22ClN3O/c1-14(2,3)17-10-11-8-12(15)13(16-9-11)18-4-6-19-7-5-18/h8-9,17H,4-7,10H2,1-3H3. The van der Waals surface area contributed by atoms with Gasteiger partial charge in [-0.2, -0.15) is 0 Å². The number of anilines is 1. The average molecular weight is 284 g/mol. The second-order valence-electron chi connectivity index (χ2n) is 5.85. The Kier molecular flexibility index (Phi) is 4.66. The molecule has 5 heteroatoms. The fourth-order valence-corrected chi connectivity index (χ4v) is 2.25. The summed E-state index contributed by atoms with van der Waals surface area (Å²) in [6, 6.07) is 2.00. The smallest absolute Gasteiger partial charge is 0.147 e. The summed E-state index contributed by atoms with van der Waals surface area (Å²) in [6.07, 6.45) is 1.90. The summed E-state index contributed by atoms with van der Waals surface area (Å²) in [7, 11) is 0. The number of rotatable bonds is 3. The zero-order valence-corrected chi connectivity index (χ0v) is 12.6. The molecule has 1 aromatic rings. The number of halogens is 1. The molecule has 1 aliphatic rings. The van der Waals surface area contributed by atoms with Gasteiger partial charge >= 0.3 is 0 Å². The van der Waals surface area contributed by atoms with E-state index in [1.807, 2.05) is 12.3 Å². The van der Waals surface area contributed by atoms with Gasteiger partial charge in [-0.25, -0.2) is 4.98 Å². The molecular formula is C14H22ClN3O. The van der Waals surface area contributed by atoms with E-state index in [1.54, 1.807) is 0 Å². The van der Waals surface area contributed by atoms with E-state index >= 15 is 0 Å². The summed E-state index contributed by atoms with van der Waals surface area (Å²) in [4.78, 5) is 6.67. The lowest BCUT2D eigenvalue weighted by molar-refractivity contribution is 0.122. The van der Waals surface area contributed by atoms with Crippen molar-refractivity contribution < 1.29 is 4.74 Å². The number of nitrogens with one attached hydrogen (secondary N) is 1. The van der Waals surface area contributed by atoms with E-state index in [9.17, 15) is 0 Å². The molecule has 0 unspecified atom stereocenters. The van der Waals surface area contributed by atoms with Gasteiger partial charge in [-0.1, -0.05) is 11.6 Å². The maximum Gasteiger partial charge on any atom is 0.147 e. The first kappa shape index (κ1) is 14.6. The van der Waals surface area contributed by atoms with Crippen molar-refractivity contribution in [3.8, 4) is 0 Å². The van der Waals surface area contributed by atoms with E-state index in [2.05, 4.69) is 36.0 Å². The quantitative estimate of drug-likeness (QED) is 0.925. The Balaban J connectivity index is 2.04. The van der Waals surface area contributed by atoms with Crippen molar-refractivity contribution in [2.45, 2.75) is 32.9 Å². The SMILES string of the molecule is CC(C)(C)NCc1cnc(N2CCOCC2)c(Cl)c1. The van der Waals surface area contributed by atoms with Crippen molar-refractivity contribution in [1.29, 1.82) is 0 Å². The van der Waals surface area contributed by atoms with Gasteiger partial charge in [0.25, 0.3) is 0 Å². The minimum atomic E-state index is 0.0926. The molecular weight excluding hydrogens is 262 g/mol. The Morgan fingerprint density at radius 3 is 2.63 bits per heavy atom. The summed E-state index contributed by atoms with van der Waals surface area (Å²) in [5.41, 5.74) is 1.20. The van der Waals surface area contributed by atoms with Crippen molar-refractivity contribution in [3.05, 3.63) is 22.8 Å². The van der Waals surface area contributed by atoms with Crippen LogP contribution in [-0.4, -0.2) is 36.8 Å².